The molecule has 0 atom stereocenters. The van der Waals surface area contributed by atoms with Gasteiger partial charge in [-0.2, -0.15) is 0 Å². The number of carbonyl (C=O) groups is 1. The second-order valence-electron chi connectivity index (χ2n) is 7.60. The standard InChI is InChI=1S/C26H27NO4/c1-29-24-15-20-12-13-27(17-22(20)16-25(24)30-2)26(28)18-31-23-11-7-6-10-21(23)14-19-8-4-3-5-9-19/h3-11,15-16H,12-14,17-18H2,1-2H3. The third-order valence-corrected chi connectivity index (χ3v) is 5.63. The Morgan fingerprint density at radius 1 is 0.871 bits per heavy atom. The molecule has 4 rings (SSSR count). The van der Waals surface area contributed by atoms with E-state index in [0.29, 0.717) is 18.8 Å². The fourth-order valence-corrected chi connectivity index (χ4v) is 3.93. The lowest BCUT2D eigenvalue weighted by Crippen LogP contribution is -2.38. The van der Waals surface area contributed by atoms with E-state index in [-0.39, 0.29) is 12.5 Å². The third kappa shape index (κ3) is 4.82. The molecule has 5 nitrogen and oxygen atoms in total. The van der Waals surface area contributed by atoms with E-state index < -0.39 is 0 Å². The molecule has 0 bridgehead atoms. The molecule has 0 saturated carbocycles. The normalized spacial score (nSPS) is 12.8. The van der Waals surface area contributed by atoms with Gasteiger partial charge in [0.2, 0.25) is 0 Å². The molecule has 31 heavy (non-hydrogen) atoms. The lowest BCUT2D eigenvalue weighted by molar-refractivity contribution is -0.134. The Morgan fingerprint density at radius 2 is 1.55 bits per heavy atom. The maximum absolute atomic E-state index is 12.9. The molecule has 1 aliphatic heterocycles. The maximum Gasteiger partial charge on any atom is 0.260 e. The molecule has 0 fully saturated rings. The topological polar surface area (TPSA) is 48.0 Å². The Hall–Kier alpha value is -3.47. The quantitative estimate of drug-likeness (QED) is 0.576. The van der Waals surface area contributed by atoms with Crippen LogP contribution in [0.5, 0.6) is 17.2 Å². The fourth-order valence-electron chi connectivity index (χ4n) is 3.93. The zero-order valence-electron chi connectivity index (χ0n) is 18.0. The van der Waals surface area contributed by atoms with Crippen LogP contribution in [0.2, 0.25) is 0 Å². The van der Waals surface area contributed by atoms with Gasteiger partial charge in [-0.1, -0.05) is 48.5 Å². The predicted molar refractivity (Wildman–Crippen MR) is 120 cm³/mol. The second-order valence-corrected chi connectivity index (χ2v) is 7.60. The van der Waals surface area contributed by atoms with Gasteiger partial charge in [-0.05, 0) is 46.9 Å². The van der Waals surface area contributed by atoms with E-state index in [9.17, 15) is 4.79 Å². The number of methoxy groups -OCH3 is 2. The molecule has 0 unspecified atom stereocenters. The minimum Gasteiger partial charge on any atom is -0.493 e. The van der Waals surface area contributed by atoms with Gasteiger partial charge in [-0.25, -0.2) is 0 Å². The SMILES string of the molecule is COc1cc2c(cc1OC)CN(C(=O)COc1ccccc1Cc1ccccc1)CC2. The van der Waals surface area contributed by atoms with Gasteiger partial charge < -0.3 is 19.1 Å². The first kappa shape index (κ1) is 20.8. The first-order valence-electron chi connectivity index (χ1n) is 10.4. The molecule has 1 heterocycles. The van der Waals surface area contributed by atoms with Crippen LogP contribution >= 0.6 is 0 Å². The number of benzene rings is 3. The van der Waals surface area contributed by atoms with Crippen molar-refractivity contribution >= 4 is 5.91 Å². The van der Waals surface area contributed by atoms with Crippen LogP contribution in [0.15, 0.2) is 66.7 Å². The molecule has 3 aromatic carbocycles. The van der Waals surface area contributed by atoms with Gasteiger partial charge in [0.05, 0.1) is 14.2 Å². The monoisotopic (exact) mass is 417 g/mol. The highest BCUT2D eigenvalue weighted by molar-refractivity contribution is 5.78. The molecule has 0 spiro atoms. The molecule has 160 valence electrons. The average molecular weight is 418 g/mol. The maximum atomic E-state index is 12.9. The number of fused-ring (bicyclic) bond motifs is 1. The summed E-state index contributed by atoms with van der Waals surface area (Å²) in [5, 5.41) is 0. The van der Waals surface area contributed by atoms with Gasteiger partial charge in [0.1, 0.15) is 5.75 Å². The number of hydrogen-bond acceptors (Lipinski definition) is 4. The summed E-state index contributed by atoms with van der Waals surface area (Å²) >= 11 is 0. The summed E-state index contributed by atoms with van der Waals surface area (Å²) in [6, 6.07) is 22.1. The number of nitrogens with zero attached hydrogens (tertiary/aromatic N) is 1. The van der Waals surface area contributed by atoms with Gasteiger partial charge >= 0.3 is 0 Å². The summed E-state index contributed by atoms with van der Waals surface area (Å²) in [5.74, 6) is 2.14. The van der Waals surface area contributed by atoms with E-state index in [1.807, 2.05) is 59.5 Å². The van der Waals surface area contributed by atoms with Crippen LogP contribution in [0, 0.1) is 0 Å². The molecule has 0 aromatic heterocycles. The van der Waals surface area contributed by atoms with Crippen molar-refractivity contribution in [1.82, 2.24) is 4.90 Å². The molecular formula is C26H27NO4. The molecule has 1 amide bonds. The summed E-state index contributed by atoms with van der Waals surface area (Å²) in [6.07, 6.45) is 1.55. The van der Waals surface area contributed by atoms with Crippen molar-refractivity contribution in [3.8, 4) is 17.2 Å². The fraction of sp³-hybridized carbons (Fsp3) is 0.269. The number of para-hydroxylation sites is 1. The molecule has 0 aliphatic carbocycles. The second kappa shape index (κ2) is 9.56. The predicted octanol–water partition coefficient (Wildman–Crippen LogP) is 4.26. The van der Waals surface area contributed by atoms with Crippen LogP contribution in [-0.4, -0.2) is 38.2 Å². The zero-order chi connectivity index (χ0) is 21.6. The number of amides is 1. The van der Waals surface area contributed by atoms with E-state index >= 15 is 0 Å². The number of ether oxygens (including phenoxy) is 3. The van der Waals surface area contributed by atoms with Crippen LogP contribution in [0.1, 0.15) is 22.3 Å². The van der Waals surface area contributed by atoms with Gasteiger partial charge in [0, 0.05) is 19.5 Å². The number of carbonyl (C=O) groups excluding carboxylic acids is 1. The van der Waals surface area contributed by atoms with Crippen LogP contribution in [0.4, 0.5) is 0 Å². The molecule has 1 aliphatic rings. The van der Waals surface area contributed by atoms with Gasteiger partial charge in [-0.3, -0.25) is 4.79 Å². The van der Waals surface area contributed by atoms with Gasteiger partial charge in [0.25, 0.3) is 5.91 Å². The van der Waals surface area contributed by atoms with Crippen molar-refractivity contribution < 1.29 is 19.0 Å². The average Bonchev–Trinajstić information content (AvgIpc) is 2.82. The van der Waals surface area contributed by atoms with Crippen molar-refractivity contribution in [2.75, 3.05) is 27.4 Å². The summed E-state index contributed by atoms with van der Waals surface area (Å²) in [5.41, 5.74) is 4.56. The van der Waals surface area contributed by atoms with Crippen LogP contribution in [0.3, 0.4) is 0 Å². The molecule has 0 N–H and O–H groups in total. The van der Waals surface area contributed by atoms with Crippen LogP contribution in [0.25, 0.3) is 0 Å². The molecule has 3 aromatic rings. The summed E-state index contributed by atoms with van der Waals surface area (Å²) in [4.78, 5) is 14.7. The minimum absolute atomic E-state index is 0.0186. The van der Waals surface area contributed by atoms with Crippen molar-refractivity contribution in [3.63, 3.8) is 0 Å². The number of rotatable bonds is 7. The number of hydrogen-bond donors (Lipinski definition) is 0. The molecular weight excluding hydrogens is 390 g/mol. The summed E-state index contributed by atoms with van der Waals surface area (Å²) in [6.45, 7) is 1.23. The lowest BCUT2D eigenvalue weighted by Gasteiger charge is -2.29. The Balaban J connectivity index is 1.41. The van der Waals surface area contributed by atoms with E-state index in [0.717, 1.165) is 35.5 Å². The van der Waals surface area contributed by atoms with Gasteiger partial charge in [0.15, 0.2) is 18.1 Å². The third-order valence-electron chi connectivity index (χ3n) is 5.63. The lowest BCUT2D eigenvalue weighted by atomic mass is 9.99. The van der Waals surface area contributed by atoms with Crippen molar-refractivity contribution in [1.29, 1.82) is 0 Å². The van der Waals surface area contributed by atoms with E-state index in [1.165, 1.54) is 11.1 Å². The van der Waals surface area contributed by atoms with E-state index in [4.69, 9.17) is 14.2 Å². The summed E-state index contributed by atoms with van der Waals surface area (Å²) < 4.78 is 16.8. The Morgan fingerprint density at radius 3 is 2.29 bits per heavy atom. The minimum atomic E-state index is -0.0186. The largest absolute Gasteiger partial charge is 0.493 e. The molecule has 0 saturated heterocycles. The summed E-state index contributed by atoms with van der Waals surface area (Å²) in [7, 11) is 3.26. The Kier molecular flexibility index (Phi) is 6.41. The van der Waals surface area contributed by atoms with Crippen molar-refractivity contribution in [2.24, 2.45) is 0 Å². The highest BCUT2D eigenvalue weighted by Crippen LogP contribution is 2.33. The Labute approximate surface area is 183 Å². The smallest absolute Gasteiger partial charge is 0.260 e. The van der Waals surface area contributed by atoms with E-state index in [2.05, 4.69) is 12.1 Å². The Bertz CT molecular complexity index is 1050. The van der Waals surface area contributed by atoms with Crippen molar-refractivity contribution in [3.05, 3.63) is 89.0 Å². The first-order chi connectivity index (χ1) is 15.2. The van der Waals surface area contributed by atoms with Gasteiger partial charge in [-0.15, -0.1) is 0 Å². The molecule has 5 heteroatoms. The first-order valence-corrected chi connectivity index (χ1v) is 10.4. The highest BCUT2D eigenvalue weighted by atomic mass is 16.5. The van der Waals surface area contributed by atoms with Crippen molar-refractivity contribution in [2.45, 2.75) is 19.4 Å². The zero-order valence-corrected chi connectivity index (χ0v) is 18.0. The van der Waals surface area contributed by atoms with Crippen LogP contribution in [-0.2, 0) is 24.2 Å². The highest BCUT2D eigenvalue weighted by Gasteiger charge is 2.23. The molecule has 0 radical (unpaired) electrons. The van der Waals surface area contributed by atoms with E-state index in [1.54, 1.807) is 14.2 Å². The van der Waals surface area contributed by atoms with Crippen LogP contribution < -0.4 is 14.2 Å².